The van der Waals surface area contributed by atoms with E-state index >= 15 is 0 Å². The average molecular weight is 447 g/mol. The number of aromatic hydroxyl groups is 1. The quantitative estimate of drug-likeness (QED) is 0.402. The van der Waals surface area contributed by atoms with Crippen LogP contribution >= 0.6 is 0 Å². The molecule has 0 aliphatic rings. The first-order valence-corrected chi connectivity index (χ1v) is 10.9. The van der Waals surface area contributed by atoms with Crippen molar-refractivity contribution in [1.82, 2.24) is 4.90 Å². The maximum atomic E-state index is 14.0. The van der Waals surface area contributed by atoms with Crippen molar-refractivity contribution in [1.29, 1.82) is 0 Å². The Morgan fingerprint density at radius 2 is 1.59 bits per heavy atom. The molecule has 0 radical (unpaired) electrons. The number of alkyl halides is 3. The molecule has 0 spiro atoms. The summed E-state index contributed by atoms with van der Waals surface area (Å²) in [7, 11) is 0. The summed E-state index contributed by atoms with van der Waals surface area (Å²) in [4.78, 5) is 15.3. The molecule has 4 nitrogen and oxygen atoms in total. The Hall–Kier alpha value is -2.80. The average Bonchev–Trinajstić information content (AvgIpc) is 2.76. The molecule has 172 valence electrons. The van der Waals surface area contributed by atoms with E-state index in [1.165, 1.54) is 24.3 Å². The molecule has 3 aromatic rings. The van der Waals surface area contributed by atoms with E-state index in [0.717, 1.165) is 38.8 Å². The molecule has 0 saturated carbocycles. The molecule has 0 bridgehead atoms. The second-order valence-corrected chi connectivity index (χ2v) is 7.92. The van der Waals surface area contributed by atoms with Gasteiger partial charge in [-0.1, -0.05) is 57.0 Å². The largest absolute Gasteiger partial charge is 0.507 e. The van der Waals surface area contributed by atoms with Crippen LogP contribution in [-0.2, 0) is 12.7 Å². The highest BCUT2D eigenvalue weighted by Gasteiger charge is 2.39. The van der Waals surface area contributed by atoms with Gasteiger partial charge in [0.15, 0.2) is 0 Å². The van der Waals surface area contributed by atoms with Gasteiger partial charge in [0, 0.05) is 6.54 Å². The van der Waals surface area contributed by atoms with E-state index in [9.17, 15) is 23.1 Å². The lowest BCUT2D eigenvalue weighted by Crippen LogP contribution is -2.26. The van der Waals surface area contributed by atoms with Gasteiger partial charge in [0.25, 0.3) is 0 Å². The Balaban J connectivity index is 2.22. The molecule has 1 N–H and O–H groups in total. The lowest BCUT2D eigenvalue weighted by molar-refractivity contribution is -0.152. The third kappa shape index (κ3) is 5.15. The van der Waals surface area contributed by atoms with Crippen LogP contribution < -0.4 is 5.43 Å². The van der Waals surface area contributed by atoms with Gasteiger partial charge in [-0.2, -0.15) is 13.2 Å². The number of nitrogens with zero attached hydrogens (tertiary/aromatic N) is 1. The standard InChI is InChI=1S/C25H28F3NO3/c1-3-5-14-29(15-6-4-2)16-19-20(30)13-12-18-22(31)21(17-10-8-7-9-11-17)24(25(26,27)28)32-23(18)19/h7-13,30H,3-6,14-16H2,1-2H3. The summed E-state index contributed by atoms with van der Waals surface area (Å²) < 4.78 is 47.3. The van der Waals surface area contributed by atoms with Crippen molar-refractivity contribution < 1.29 is 22.7 Å². The van der Waals surface area contributed by atoms with Crippen LogP contribution in [0.5, 0.6) is 5.75 Å². The molecule has 0 atom stereocenters. The van der Waals surface area contributed by atoms with Crippen LogP contribution in [0.15, 0.2) is 51.7 Å². The summed E-state index contributed by atoms with van der Waals surface area (Å²) >= 11 is 0. The van der Waals surface area contributed by atoms with Crippen molar-refractivity contribution in [2.24, 2.45) is 0 Å². The number of fused-ring (bicyclic) bond motifs is 1. The monoisotopic (exact) mass is 447 g/mol. The molecule has 0 unspecified atom stereocenters. The molecule has 0 saturated heterocycles. The first kappa shape index (κ1) is 23.9. The van der Waals surface area contributed by atoms with Crippen LogP contribution in [0, 0.1) is 0 Å². The molecular formula is C25H28F3NO3. The molecule has 3 rings (SSSR count). The zero-order chi connectivity index (χ0) is 23.3. The maximum absolute atomic E-state index is 14.0. The number of hydrogen-bond donors (Lipinski definition) is 1. The molecule has 1 aromatic heterocycles. The summed E-state index contributed by atoms with van der Waals surface area (Å²) in [5, 5.41) is 10.5. The molecule has 32 heavy (non-hydrogen) atoms. The SMILES string of the molecule is CCCCN(CCCC)Cc1c(O)ccc2c(=O)c(-c3ccccc3)c(C(F)(F)F)oc12. The Morgan fingerprint density at radius 1 is 0.969 bits per heavy atom. The van der Waals surface area contributed by atoms with Gasteiger partial charge in [-0.3, -0.25) is 9.69 Å². The third-order valence-corrected chi connectivity index (χ3v) is 5.50. The molecule has 2 aromatic carbocycles. The smallest absolute Gasteiger partial charge is 0.450 e. The lowest BCUT2D eigenvalue weighted by Gasteiger charge is -2.23. The molecule has 0 aliphatic carbocycles. The van der Waals surface area contributed by atoms with Gasteiger partial charge < -0.3 is 9.52 Å². The molecule has 0 fully saturated rings. The molecule has 1 heterocycles. The number of benzene rings is 2. The number of phenolic OH excluding ortho intramolecular Hbond substituents is 1. The van der Waals surface area contributed by atoms with Crippen LogP contribution in [-0.4, -0.2) is 23.1 Å². The number of phenols is 1. The van der Waals surface area contributed by atoms with Crippen LogP contribution in [0.4, 0.5) is 13.2 Å². The van der Waals surface area contributed by atoms with Gasteiger partial charge >= 0.3 is 6.18 Å². The highest BCUT2D eigenvalue weighted by molar-refractivity contribution is 5.86. The highest BCUT2D eigenvalue weighted by atomic mass is 19.4. The van der Waals surface area contributed by atoms with E-state index in [2.05, 4.69) is 18.7 Å². The molecular weight excluding hydrogens is 419 g/mol. The van der Waals surface area contributed by atoms with Crippen LogP contribution in [0.1, 0.15) is 50.9 Å². The number of hydrogen-bond acceptors (Lipinski definition) is 4. The Bertz CT molecular complexity index is 1100. The first-order chi connectivity index (χ1) is 15.3. The van der Waals surface area contributed by atoms with Crippen LogP contribution in [0.25, 0.3) is 22.1 Å². The van der Waals surface area contributed by atoms with Gasteiger partial charge in [0.1, 0.15) is 11.3 Å². The predicted molar refractivity (Wildman–Crippen MR) is 120 cm³/mol. The van der Waals surface area contributed by atoms with Crippen LogP contribution in [0.2, 0.25) is 0 Å². The van der Waals surface area contributed by atoms with E-state index in [1.54, 1.807) is 18.2 Å². The second-order valence-electron chi connectivity index (χ2n) is 7.92. The minimum atomic E-state index is -4.87. The fraction of sp³-hybridized carbons (Fsp3) is 0.400. The summed E-state index contributed by atoms with van der Waals surface area (Å²) in [5.74, 6) is -1.53. The van der Waals surface area contributed by atoms with E-state index in [4.69, 9.17) is 4.42 Å². The van der Waals surface area contributed by atoms with Gasteiger partial charge in [0.05, 0.1) is 16.5 Å². The van der Waals surface area contributed by atoms with E-state index in [-0.39, 0.29) is 34.4 Å². The highest BCUT2D eigenvalue weighted by Crippen LogP contribution is 2.39. The van der Waals surface area contributed by atoms with Gasteiger partial charge in [-0.15, -0.1) is 0 Å². The fourth-order valence-corrected chi connectivity index (χ4v) is 3.78. The van der Waals surface area contributed by atoms with E-state index in [1.807, 2.05) is 0 Å². The minimum Gasteiger partial charge on any atom is -0.507 e. The van der Waals surface area contributed by atoms with Crippen LogP contribution in [0.3, 0.4) is 0 Å². The zero-order valence-corrected chi connectivity index (χ0v) is 18.3. The third-order valence-electron chi connectivity index (χ3n) is 5.50. The summed E-state index contributed by atoms with van der Waals surface area (Å²) in [6.07, 6.45) is -1.09. The number of halogens is 3. The van der Waals surface area contributed by atoms with Gasteiger partial charge in [-0.05, 0) is 43.6 Å². The normalized spacial score (nSPS) is 12.1. The Kier molecular flexibility index (Phi) is 7.61. The topological polar surface area (TPSA) is 53.7 Å². The maximum Gasteiger partial charge on any atom is 0.450 e. The minimum absolute atomic E-state index is 0.0237. The lowest BCUT2D eigenvalue weighted by atomic mass is 10.00. The summed E-state index contributed by atoms with van der Waals surface area (Å²) in [6, 6.07) is 10.4. The summed E-state index contributed by atoms with van der Waals surface area (Å²) in [6.45, 7) is 5.81. The molecule has 0 amide bonds. The van der Waals surface area contributed by atoms with Crippen molar-refractivity contribution in [3.63, 3.8) is 0 Å². The van der Waals surface area contributed by atoms with Crippen molar-refractivity contribution >= 4 is 11.0 Å². The van der Waals surface area contributed by atoms with E-state index in [0.29, 0.717) is 0 Å². The molecule has 7 heteroatoms. The van der Waals surface area contributed by atoms with E-state index < -0.39 is 22.9 Å². The predicted octanol–water partition coefficient (Wildman–Crippen LogP) is 6.59. The van der Waals surface area contributed by atoms with Gasteiger partial charge in [-0.25, -0.2) is 0 Å². The van der Waals surface area contributed by atoms with Gasteiger partial charge in [0.2, 0.25) is 11.2 Å². The Morgan fingerprint density at radius 3 is 2.16 bits per heavy atom. The molecule has 0 aliphatic heterocycles. The zero-order valence-electron chi connectivity index (χ0n) is 18.3. The van der Waals surface area contributed by atoms with Crippen molar-refractivity contribution in [2.45, 2.75) is 52.3 Å². The number of unbranched alkanes of at least 4 members (excludes halogenated alkanes) is 2. The number of rotatable bonds is 9. The summed E-state index contributed by atoms with van der Waals surface area (Å²) in [5.41, 5.74) is -1.15. The fourth-order valence-electron chi connectivity index (χ4n) is 3.78. The van der Waals surface area contributed by atoms with Crippen molar-refractivity contribution in [2.75, 3.05) is 13.1 Å². The van der Waals surface area contributed by atoms with Crippen molar-refractivity contribution in [3.05, 3.63) is 64.0 Å². The Labute approximate surface area is 185 Å². The van der Waals surface area contributed by atoms with Crippen molar-refractivity contribution in [3.8, 4) is 16.9 Å². The first-order valence-electron chi connectivity index (χ1n) is 10.9. The second kappa shape index (κ2) is 10.2.